The van der Waals surface area contributed by atoms with Gasteiger partial charge in [-0.2, -0.15) is 11.8 Å². The molecule has 4 N–H and O–H groups in total. The van der Waals surface area contributed by atoms with E-state index in [0.29, 0.717) is 23.0 Å². The Bertz CT molecular complexity index is 410. The Balaban J connectivity index is 2.04. The zero-order chi connectivity index (χ0) is 13.0. The Kier molecular flexibility index (Phi) is 4.26. The van der Waals surface area contributed by atoms with Gasteiger partial charge in [0.2, 0.25) is 0 Å². The number of ether oxygens (including phenoxy) is 1. The van der Waals surface area contributed by atoms with Gasteiger partial charge in [0.15, 0.2) is 5.82 Å². The lowest BCUT2D eigenvalue weighted by atomic mass is 10.4. The van der Waals surface area contributed by atoms with Crippen molar-refractivity contribution in [2.45, 2.75) is 24.2 Å². The topological polar surface area (TPSA) is 85.1 Å². The number of rotatable bonds is 7. The molecule has 0 bridgehead atoms. The van der Waals surface area contributed by atoms with Gasteiger partial charge < -0.3 is 15.5 Å². The van der Waals surface area contributed by atoms with Crippen molar-refractivity contribution in [3.8, 4) is 0 Å². The SMILES string of the molecule is COCc1nc(NN)cc(NCC2(SC)CC2)n1. The summed E-state index contributed by atoms with van der Waals surface area (Å²) < 4.78 is 5.43. The minimum absolute atomic E-state index is 0.373. The molecule has 0 aromatic carbocycles. The van der Waals surface area contributed by atoms with Crippen LogP contribution in [0.4, 0.5) is 11.6 Å². The van der Waals surface area contributed by atoms with Gasteiger partial charge in [-0.25, -0.2) is 15.8 Å². The van der Waals surface area contributed by atoms with Crippen LogP contribution in [-0.4, -0.2) is 34.6 Å². The van der Waals surface area contributed by atoms with Crippen molar-refractivity contribution in [3.05, 3.63) is 11.9 Å². The molecule has 1 aromatic rings. The maximum absolute atomic E-state index is 5.39. The zero-order valence-corrected chi connectivity index (χ0v) is 11.5. The van der Waals surface area contributed by atoms with Gasteiger partial charge in [-0.1, -0.05) is 0 Å². The number of hydrogen-bond donors (Lipinski definition) is 3. The number of nitrogens with zero attached hydrogens (tertiary/aromatic N) is 2. The summed E-state index contributed by atoms with van der Waals surface area (Å²) in [5.41, 5.74) is 2.54. The molecule has 18 heavy (non-hydrogen) atoms. The van der Waals surface area contributed by atoms with E-state index in [1.54, 1.807) is 13.2 Å². The molecule has 0 atom stereocenters. The van der Waals surface area contributed by atoms with Crippen LogP contribution in [0.25, 0.3) is 0 Å². The third-order valence-corrected chi connectivity index (χ3v) is 4.44. The quantitative estimate of drug-likeness (QED) is 0.507. The van der Waals surface area contributed by atoms with E-state index < -0.39 is 0 Å². The molecule has 0 saturated heterocycles. The lowest BCUT2D eigenvalue weighted by Crippen LogP contribution is -2.19. The first-order chi connectivity index (χ1) is 8.71. The second kappa shape index (κ2) is 5.73. The standard InChI is InChI=1S/C11H19N5OS/c1-17-6-10-14-8(5-9(15-10)16-12)13-7-11(18-2)3-4-11/h5H,3-4,6-7,12H2,1-2H3,(H2,13,14,15,16). The van der Waals surface area contributed by atoms with Gasteiger partial charge in [0.1, 0.15) is 18.2 Å². The highest BCUT2D eigenvalue weighted by Gasteiger charge is 2.41. The Morgan fingerprint density at radius 1 is 1.44 bits per heavy atom. The number of thioether (sulfide) groups is 1. The number of nitrogen functional groups attached to an aromatic ring is 1. The minimum Gasteiger partial charge on any atom is -0.377 e. The van der Waals surface area contributed by atoms with Gasteiger partial charge in [-0.05, 0) is 19.1 Å². The van der Waals surface area contributed by atoms with Gasteiger partial charge in [0, 0.05) is 24.5 Å². The highest BCUT2D eigenvalue weighted by Crippen LogP contribution is 2.46. The summed E-state index contributed by atoms with van der Waals surface area (Å²) in [6.07, 6.45) is 4.68. The molecule has 1 heterocycles. The Morgan fingerprint density at radius 3 is 2.72 bits per heavy atom. The van der Waals surface area contributed by atoms with Gasteiger partial charge in [0.05, 0.1) is 0 Å². The van der Waals surface area contributed by atoms with Gasteiger partial charge >= 0.3 is 0 Å². The van der Waals surface area contributed by atoms with Crippen LogP contribution in [0.3, 0.4) is 0 Å². The van der Waals surface area contributed by atoms with Crippen LogP contribution in [-0.2, 0) is 11.3 Å². The average molecular weight is 269 g/mol. The van der Waals surface area contributed by atoms with Crippen LogP contribution in [0, 0.1) is 0 Å². The lowest BCUT2D eigenvalue weighted by molar-refractivity contribution is 0.178. The fourth-order valence-corrected chi connectivity index (χ4v) is 2.43. The molecular weight excluding hydrogens is 250 g/mol. The first kappa shape index (κ1) is 13.4. The van der Waals surface area contributed by atoms with Crippen molar-refractivity contribution in [3.63, 3.8) is 0 Å². The van der Waals surface area contributed by atoms with E-state index in [9.17, 15) is 0 Å². The third kappa shape index (κ3) is 3.24. The number of aromatic nitrogens is 2. The highest BCUT2D eigenvalue weighted by atomic mass is 32.2. The summed E-state index contributed by atoms with van der Waals surface area (Å²) in [6, 6.07) is 1.80. The molecule has 0 spiro atoms. The number of methoxy groups -OCH3 is 1. The molecule has 6 nitrogen and oxygen atoms in total. The molecule has 100 valence electrons. The largest absolute Gasteiger partial charge is 0.377 e. The minimum atomic E-state index is 0.373. The molecular formula is C11H19N5OS. The number of hydrazine groups is 1. The molecule has 0 aliphatic heterocycles. The summed E-state index contributed by atoms with van der Waals surface area (Å²) in [5.74, 6) is 7.38. The molecule has 2 rings (SSSR count). The maximum Gasteiger partial charge on any atom is 0.158 e. The summed E-state index contributed by atoms with van der Waals surface area (Å²) in [4.78, 5) is 8.59. The Morgan fingerprint density at radius 2 is 2.17 bits per heavy atom. The zero-order valence-electron chi connectivity index (χ0n) is 10.7. The van der Waals surface area contributed by atoms with Crippen LogP contribution < -0.4 is 16.6 Å². The van der Waals surface area contributed by atoms with E-state index in [1.165, 1.54) is 12.8 Å². The van der Waals surface area contributed by atoms with Crippen LogP contribution in [0.2, 0.25) is 0 Å². The van der Waals surface area contributed by atoms with E-state index in [-0.39, 0.29) is 0 Å². The van der Waals surface area contributed by atoms with Crippen LogP contribution in [0.1, 0.15) is 18.7 Å². The maximum atomic E-state index is 5.39. The van der Waals surface area contributed by atoms with Gasteiger partial charge in [-0.3, -0.25) is 0 Å². The van der Waals surface area contributed by atoms with Crippen molar-refractivity contribution < 1.29 is 4.74 Å². The Labute approximate surface area is 111 Å². The van der Waals surface area contributed by atoms with Crippen molar-refractivity contribution >= 4 is 23.4 Å². The van der Waals surface area contributed by atoms with Gasteiger partial charge in [0.25, 0.3) is 0 Å². The number of nitrogens with one attached hydrogen (secondary N) is 2. The third-order valence-electron chi connectivity index (χ3n) is 3.03. The molecule has 0 unspecified atom stereocenters. The van der Waals surface area contributed by atoms with Crippen molar-refractivity contribution in [1.82, 2.24) is 9.97 Å². The van der Waals surface area contributed by atoms with Crippen molar-refractivity contribution in [1.29, 1.82) is 0 Å². The van der Waals surface area contributed by atoms with Crippen molar-refractivity contribution in [2.75, 3.05) is 30.7 Å². The van der Waals surface area contributed by atoms with E-state index in [0.717, 1.165) is 12.4 Å². The molecule has 0 radical (unpaired) electrons. The summed E-state index contributed by atoms with van der Waals surface area (Å²) in [6.45, 7) is 1.29. The molecule has 1 aromatic heterocycles. The average Bonchev–Trinajstić information content (AvgIpc) is 3.17. The van der Waals surface area contributed by atoms with E-state index in [1.807, 2.05) is 11.8 Å². The van der Waals surface area contributed by atoms with Gasteiger partial charge in [-0.15, -0.1) is 0 Å². The van der Waals surface area contributed by atoms with Crippen molar-refractivity contribution in [2.24, 2.45) is 5.84 Å². The molecule has 1 saturated carbocycles. The van der Waals surface area contributed by atoms with Crippen LogP contribution in [0.15, 0.2) is 6.07 Å². The predicted molar refractivity (Wildman–Crippen MR) is 74.5 cm³/mol. The monoisotopic (exact) mass is 269 g/mol. The molecule has 7 heteroatoms. The highest BCUT2D eigenvalue weighted by molar-refractivity contribution is 8.00. The molecule has 1 aliphatic rings. The fourth-order valence-electron chi connectivity index (χ4n) is 1.70. The normalized spacial score (nSPS) is 16.4. The van der Waals surface area contributed by atoms with E-state index in [2.05, 4.69) is 27.0 Å². The van der Waals surface area contributed by atoms with E-state index in [4.69, 9.17) is 10.6 Å². The molecule has 1 aliphatic carbocycles. The molecule has 1 fully saturated rings. The summed E-state index contributed by atoms with van der Waals surface area (Å²) in [7, 11) is 1.62. The number of nitrogens with two attached hydrogens (primary N) is 1. The van der Waals surface area contributed by atoms with Crippen LogP contribution in [0.5, 0.6) is 0 Å². The first-order valence-electron chi connectivity index (χ1n) is 5.84. The lowest BCUT2D eigenvalue weighted by Gasteiger charge is -2.14. The van der Waals surface area contributed by atoms with E-state index >= 15 is 0 Å². The first-order valence-corrected chi connectivity index (χ1v) is 7.06. The second-order valence-electron chi connectivity index (χ2n) is 4.37. The second-order valence-corrected chi connectivity index (χ2v) is 5.65. The summed E-state index contributed by atoms with van der Waals surface area (Å²) >= 11 is 1.91. The summed E-state index contributed by atoms with van der Waals surface area (Å²) in [5, 5.41) is 3.35. The predicted octanol–water partition coefficient (Wildman–Crippen LogP) is 1.22. The van der Waals surface area contributed by atoms with Crippen LogP contribution >= 0.6 is 11.8 Å². The number of hydrogen-bond acceptors (Lipinski definition) is 7. The smallest absolute Gasteiger partial charge is 0.158 e. The number of anilines is 2. The fraction of sp³-hybridized carbons (Fsp3) is 0.636. The Hall–Kier alpha value is -1.05. The molecule has 0 amide bonds.